The minimum atomic E-state index is -0.250. The normalized spacial score (nSPS) is 6.25. The van der Waals surface area contributed by atoms with Crippen molar-refractivity contribution in [2.24, 2.45) is 0 Å². The van der Waals surface area contributed by atoms with Crippen LogP contribution in [-0.2, 0) is 4.79 Å². The third kappa shape index (κ3) is 37.5. The van der Waals surface area contributed by atoms with Gasteiger partial charge in [0, 0.05) is 0 Å². The summed E-state index contributed by atoms with van der Waals surface area (Å²) >= 11 is 0.815. The van der Waals surface area contributed by atoms with E-state index in [-0.39, 0.29) is 6.47 Å². The lowest BCUT2D eigenvalue weighted by Crippen LogP contribution is -1.76. The molecule has 0 saturated carbocycles. The van der Waals surface area contributed by atoms with Crippen LogP contribution in [0, 0.1) is 0 Å². The van der Waals surface area contributed by atoms with Gasteiger partial charge in [0.05, 0.1) is 0 Å². The lowest BCUT2D eigenvalue weighted by atomic mass is 10.9. The standard InChI is InChI=1S/2C2H5.CH2O2.Al/c2*1-2;2-1-3;/h2*1H2,2H3;1H,(H,2,3);. The van der Waals surface area contributed by atoms with Crippen LogP contribution in [0.25, 0.3) is 0 Å². The summed E-state index contributed by atoms with van der Waals surface area (Å²) in [6, 6.07) is 0. The van der Waals surface area contributed by atoms with Crippen LogP contribution < -0.4 is 0 Å². The molecule has 0 rings (SSSR count). The molecular weight excluding hydrogens is 119 g/mol. The Morgan fingerprint density at radius 3 is 1.75 bits per heavy atom. The van der Waals surface area contributed by atoms with E-state index in [1.807, 2.05) is 0 Å². The molecule has 3 heteroatoms. The maximum Gasteiger partial charge on any atom is 0.290 e. The van der Waals surface area contributed by atoms with E-state index < -0.39 is 0 Å². The maximum absolute atomic E-state index is 8.36. The van der Waals surface area contributed by atoms with E-state index in [0.717, 1.165) is 15.2 Å². The lowest BCUT2D eigenvalue weighted by molar-refractivity contribution is -0.122. The number of carboxylic acid groups (broad SMARTS) is 1. The van der Waals surface area contributed by atoms with Crippen molar-refractivity contribution < 1.29 is 9.90 Å². The van der Waals surface area contributed by atoms with Crippen molar-refractivity contribution in [2.45, 2.75) is 24.4 Å². The van der Waals surface area contributed by atoms with E-state index in [1.54, 1.807) is 0 Å². The van der Waals surface area contributed by atoms with Gasteiger partial charge in [0.25, 0.3) is 6.47 Å². The lowest BCUT2D eigenvalue weighted by Gasteiger charge is -1.74. The van der Waals surface area contributed by atoms with Crippen LogP contribution in [0.2, 0.25) is 10.6 Å². The number of hydrogen-bond donors (Lipinski definition) is 1. The predicted molar refractivity (Wildman–Crippen MR) is 35.4 cm³/mol. The van der Waals surface area contributed by atoms with Crippen molar-refractivity contribution in [1.82, 2.24) is 0 Å². The summed E-state index contributed by atoms with van der Waals surface area (Å²) in [6.07, 6.45) is 0. The molecule has 47 valence electrons. The minimum Gasteiger partial charge on any atom is -0.483 e. The number of carbonyl (C=O) groups is 1. The molecule has 1 radical (unpaired) electrons. The van der Waals surface area contributed by atoms with E-state index in [2.05, 4.69) is 13.8 Å². The average Bonchev–Trinajstić information content (AvgIpc) is 1.71. The fraction of sp³-hybridized carbons (Fsp3) is 0.800. The summed E-state index contributed by atoms with van der Waals surface area (Å²) in [6.45, 7) is 4.25. The molecule has 0 aliphatic heterocycles. The topological polar surface area (TPSA) is 37.3 Å². The Morgan fingerprint density at radius 2 is 1.75 bits per heavy atom. The molecule has 0 fully saturated rings. The highest BCUT2D eigenvalue weighted by Gasteiger charge is 1.74. The van der Waals surface area contributed by atoms with Crippen molar-refractivity contribution >= 4 is 21.7 Å². The zero-order valence-electron chi connectivity index (χ0n) is 5.42. The molecule has 0 heterocycles. The molecular formula is C5H12AlO2. The zero-order valence-corrected chi connectivity index (χ0v) is 6.58. The predicted octanol–water partition coefficient (Wildman–Crippen LogP) is 1.27. The first kappa shape index (κ1) is 10.9. The fourth-order valence-corrected chi connectivity index (χ4v) is 0.866. The third-order valence-electron chi connectivity index (χ3n) is 0.577. The second kappa shape index (κ2) is 15.7. The van der Waals surface area contributed by atoms with Gasteiger partial charge >= 0.3 is 0 Å². The van der Waals surface area contributed by atoms with Crippen LogP contribution in [0.5, 0.6) is 0 Å². The van der Waals surface area contributed by atoms with Gasteiger partial charge in [-0.1, -0.05) is 13.8 Å². The smallest absolute Gasteiger partial charge is 0.290 e. The summed E-state index contributed by atoms with van der Waals surface area (Å²) in [5.41, 5.74) is 0. The first-order chi connectivity index (χ1) is 3.83. The Labute approximate surface area is 56.6 Å². The van der Waals surface area contributed by atoms with Crippen LogP contribution in [0.4, 0.5) is 0 Å². The molecule has 1 N–H and O–H groups in total. The molecule has 2 nitrogen and oxygen atoms in total. The van der Waals surface area contributed by atoms with Crippen molar-refractivity contribution in [3.63, 3.8) is 0 Å². The van der Waals surface area contributed by atoms with Gasteiger partial charge in [0.2, 0.25) is 0 Å². The molecule has 0 unspecified atom stereocenters. The third-order valence-corrected chi connectivity index (χ3v) is 1.73. The van der Waals surface area contributed by atoms with Gasteiger partial charge in [-0.3, -0.25) is 4.79 Å². The Balaban J connectivity index is 0. The molecule has 0 aromatic rings. The van der Waals surface area contributed by atoms with Crippen LogP contribution in [0.15, 0.2) is 0 Å². The van der Waals surface area contributed by atoms with E-state index in [0.29, 0.717) is 0 Å². The summed E-state index contributed by atoms with van der Waals surface area (Å²) in [7, 11) is 0. The Hall–Kier alpha value is 0.00247. The Kier molecular flexibility index (Phi) is 21.4. The second-order valence-corrected chi connectivity index (χ2v) is 3.42. The summed E-state index contributed by atoms with van der Waals surface area (Å²) in [5, 5.41) is 9.74. The van der Waals surface area contributed by atoms with Crippen molar-refractivity contribution in [3.05, 3.63) is 0 Å². The molecule has 0 aliphatic rings. The first-order valence-electron chi connectivity index (χ1n) is 2.72. The minimum absolute atomic E-state index is 0.250. The highest BCUT2D eigenvalue weighted by Crippen LogP contribution is 1.77. The van der Waals surface area contributed by atoms with Gasteiger partial charge in [-0.15, -0.1) is 10.6 Å². The SMILES string of the molecule is C[CH2][Al][CH2]C.O=CO. The van der Waals surface area contributed by atoms with Gasteiger partial charge in [-0.05, 0) is 0 Å². The van der Waals surface area contributed by atoms with Crippen LogP contribution in [-0.4, -0.2) is 26.8 Å². The van der Waals surface area contributed by atoms with Gasteiger partial charge in [-0.25, -0.2) is 0 Å². The van der Waals surface area contributed by atoms with E-state index in [4.69, 9.17) is 9.90 Å². The molecule has 0 amide bonds. The van der Waals surface area contributed by atoms with Crippen molar-refractivity contribution in [1.29, 1.82) is 0 Å². The molecule has 8 heavy (non-hydrogen) atoms. The van der Waals surface area contributed by atoms with Crippen molar-refractivity contribution in [2.75, 3.05) is 0 Å². The van der Waals surface area contributed by atoms with Crippen LogP contribution in [0.3, 0.4) is 0 Å². The molecule has 0 saturated heterocycles. The molecule has 0 aliphatic carbocycles. The van der Waals surface area contributed by atoms with Crippen molar-refractivity contribution in [3.8, 4) is 0 Å². The highest BCUT2D eigenvalue weighted by atomic mass is 27.1. The van der Waals surface area contributed by atoms with Gasteiger partial charge < -0.3 is 5.11 Å². The van der Waals surface area contributed by atoms with Gasteiger partial charge in [0.15, 0.2) is 15.2 Å². The molecule has 0 bridgehead atoms. The number of rotatable bonds is 2. The maximum atomic E-state index is 8.36. The Bertz CT molecular complexity index is 37.4. The molecule has 0 aromatic heterocycles. The average molecular weight is 131 g/mol. The molecule has 0 atom stereocenters. The highest BCUT2D eigenvalue weighted by molar-refractivity contribution is 6.34. The molecule has 0 aromatic carbocycles. The quantitative estimate of drug-likeness (QED) is 0.452. The Morgan fingerprint density at radius 1 is 1.50 bits per heavy atom. The summed E-state index contributed by atoms with van der Waals surface area (Å²) in [5.74, 6) is 0. The summed E-state index contributed by atoms with van der Waals surface area (Å²) < 4.78 is 0. The van der Waals surface area contributed by atoms with E-state index in [9.17, 15) is 0 Å². The van der Waals surface area contributed by atoms with Gasteiger partial charge in [0.1, 0.15) is 0 Å². The van der Waals surface area contributed by atoms with Gasteiger partial charge in [-0.2, -0.15) is 0 Å². The number of hydrogen-bond acceptors (Lipinski definition) is 1. The van der Waals surface area contributed by atoms with Crippen LogP contribution in [0.1, 0.15) is 13.8 Å². The fourth-order valence-electron chi connectivity index (χ4n) is 0.289. The van der Waals surface area contributed by atoms with E-state index in [1.165, 1.54) is 10.6 Å². The summed E-state index contributed by atoms with van der Waals surface area (Å²) in [4.78, 5) is 8.36. The van der Waals surface area contributed by atoms with E-state index >= 15 is 0 Å². The second-order valence-electron chi connectivity index (χ2n) is 1.21. The zero-order chi connectivity index (χ0) is 6.83. The first-order valence-corrected chi connectivity index (χ1v) is 4.36. The monoisotopic (exact) mass is 131 g/mol. The molecule has 0 spiro atoms. The van der Waals surface area contributed by atoms with Crippen LogP contribution >= 0.6 is 0 Å². The largest absolute Gasteiger partial charge is 0.483 e.